The van der Waals surface area contributed by atoms with Crippen molar-refractivity contribution in [2.75, 3.05) is 6.54 Å². The lowest BCUT2D eigenvalue weighted by Crippen LogP contribution is -2.36. The van der Waals surface area contributed by atoms with Crippen molar-refractivity contribution in [3.63, 3.8) is 0 Å². The largest absolute Gasteiger partial charge is 0.353 e. The maximum Gasteiger partial charge on any atom is 0.242 e. The van der Waals surface area contributed by atoms with E-state index in [1.165, 1.54) is 5.56 Å². The van der Waals surface area contributed by atoms with Crippen LogP contribution in [-0.2, 0) is 10.2 Å². The summed E-state index contributed by atoms with van der Waals surface area (Å²) in [6, 6.07) is 10.2. The molecular formula is C16H19N3O. The molecule has 0 spiro atoms. The molecule has 0 unspecified atom stereocenters. The van der Waals surface area contributed by atoms with Crippen molar-refractivity contribution in [1.82, 2.24) is 14.9 Å². The van der Waals surface area contributed by atoms with Gasteiger partial charge in [0.2, 0.25) is 5.91 Å². The third-order valence-corrected chi connectivity index (χ3v) is 4.19. The Hall–Kier alpha value is -2.10. The highest BCUT2D eigenvalue weighted by atomic mass is 16.2. The van der Waals surface area contributed by atoms with Gasteiger partial charge in [-0.25, -0.2) is 4.98 Å². The first kappa shape index (κ1) is 12.9. The van der Waals surface area contributed by atoms with E-state index in [0.29, 0.717) is 0 Å². The van der Waals surface area contributed by atoms with Crippen molar-refractivity contribution < 1.29 is 4.79 Å². The van der Waals surface area contributed by atoms with Crippen LogP contribution in [0, 0.1) is 0 Å². The van der Waals surface area contributed by atoms with Crippen LogP contribution >= 0.6 is 0 Å². The molecule has 4 nitrogen and oxygen atoms in total. The molecule has 1 saturated carbocycles. The zero-order valence-electron chi connectivity index (χ0n) is 11.6. The van der Waals surface area contributed by atoms with Gasteiger partial charge in [-0.15, -0.1) is 0 Å². The molecule has 1 heterocycles. The predicted octanol–water partition coefficient (Wildman–Crippen LogP) is 2.29. The van der Waals surface area contributed by atoms with E-state index in [4.69, 9.17) is 0 Å². The van der Waals surface area contributed by atoms with E-state index in [0.717, 1.165) is 19.4 Å². The summed E-state index contributed by atoms with van der Waals surface area (Å²) in [7, 11) is 0. The number of hydrogen-bond acceptors (Lipinski definition) is 2. The van der Waals surface area contributed by atoms with Crippen LogP contribution in [0.5, 0.6) is 0 Å². The molecule has 0 radical (unpaired) electrons. The molecule has 2 aromatic rings. The molecule has 20 heavy (non-hydrogen) atoms. The minimum absolute atomic E-state index is 0.0465. The Morgan fingerprint density at radius 3 is 2.75 bits per heavy atom. The molecule has 1 aliphatic carbocycles. The number of amides is 1. The average Bonchev–Trinajstić information content (AvgIpc) is 3.09. The summed E-state index contributed by atoms with van der Waals surface area (Å²) >= 11 is 0. The minimum Gasteiger partial charge on any atom is -0.353 e. The van der Waals surface area contributed by atoms with Crippen molar-refractivity contribution in [3.05, 3.63) is 54.6 Å². The fourth-order valence-corrected chi connectivity index (χ4v) is 2.55. The van der Waals surface area contributed by atoms with Gasteiger partial charge in [-0.3, -0.25) is 4.79 Å². The Morgan fingerprint density at radius 1 is 1.40 bits per heavy atom. The topological polar surface area (TPSA) is 46.9 Å². The number of aromatic nitrogens is 2. The maximum absolute atomic E-state index is 12.2. The molecular weight excluding hydrogens is 250 g/mol. The molecule has 1 aromatic heterocycles. The van der Waals surface area contributed by atoms with Gasteiger partial charge in [0.15, 0.2) is 0 Å². The molecule has 1 aromatic carbocycles. The lowest BCUT2D eigenvalue weighted by Gasteiger charge is -2.19. The van der Waals surface area contributed by atoms with Gasteiger partial charge >= 0.3 is 0 Å². The van der Waals surface area contributed by atoms with Crippen LogP contribution in [0.3, 0.4) is 0 Å². The molecule has 1 amide bonds. The van der Waals surface area contributed by atoms with Gasteiger partial charge < -0.3 is 9.88 Å². The highest BCUT2D eigenvalue weighted by molar-refractivity contribution is 5.80. The van der Waals surface area contributed by atoms with Crippen LogP contribution in [0.1, 0.15) is 31.4 Å². The van der Waals surface area contributed by atoms with Gasteiger partial charge in [0.05, 0.1) is 6.33 Å². The molecule has 1 fully saturated rings. The van der Waals surface area contributed by atoms with Crippen LogP contribution in [-0.4, -0.2) is 22.0 Å². The number of rotatable bonds is 5. The lowest BCUT2D eigenvalue weighted by molar-refractivity contribution is -0.124. The fraction of sp³-hybridized carbons (Fsp3) is 0.375. The minimum atomic E-state index is -0.218. The second-order valence-corrected chi connectivity index (χ2v) is 5.55. The van der Waals surface area contributed by atoms with Crippen molar-refractivity contribution in [1.29, 1.82) is 0 Å². The third kappa shape index (κ3) is 2.46. The molecule has 1 N–H and O–H groups in total. The molecule has 4 heteroatoms. The van der Waals surface area contributed by atoms with E-state index in [2.05, 4.69) is 34.6 Å². The summed E-state index contributed by atoms with van der Waals surface area (Å²) in [5, 5.41) is 3.08. The molecule has 1 aliphatic rings. The first-order valence-corrected chi connectivity index (χ1v) is 7.02. The van der Waals surface area contributed by atoms with Crippen molar-refractivity contribution in [3.8, 4) is 0 Å². The number of nitrogens with one attached hydrogen (secondary N) is 1. The van der Waals surface area contributed by atoms with Crippen molar-refractivity contribution in [2.45, 2.75) is 31.2 Å². The zero-order valence-corrected chi connectivity index (χ0v) is 11.6. The Bertz CT molecular complexity index is 573. The van der Waals surface area contributed by atoms with Gasteiger partial charge in [-0.05, 0) is 25.3 Å². The van der Waals surface area contributed by atoms with Crippen LogP contribution in [0.4, 0.5) is 0 Å². The average molecular weight is 269 g/mol. The first-order valence-electron chi connectivity index (χ1n) is 7.02. The molecule has 3 rings (SSSR count). The first-order chi connectivity index (χ1) is 9.71. The van der Waals surface area contributed by atoms with Crippen LogP contribution in [0.2, 0.25) is 0 Å². The zero-order chi connectivity index (χ0) is 14.0. The van der Waals surface area contributed by atoms with Gasteiger partial charge in [0.1, 0.15) is 6.04 Å². The smallest absolute Gasteiger partial charge is 0.242 e. The van der Waals surface area contributed by atoms with Crippen LogP contribution in [0.25, 0.3) is 0 Å². The molecule has 0 aliphatic heterocycles. The van der Waals surface area contributed by atoms with E-state index in [-0.39, 0.29) is 17.4 Å². The highest BCUT2D eigenvalue weighted by Crippen LogP contribution is 2.47. The van der Waals surface area contributed by atoms with E-state index >= 15 is 0 Å². The number of hydrogen-bond donors (Lipinski definition) is 1. The van der Waals surface area contributed by atoms with Crippen molar-refractivity contribution >= 4 is 5.91 Å². The molecule has 104 valence electrons. The lowest BCUT2D eigenvalue weighted by atomic mass is 9.96. The number of carbonyl (C=O) groups is 1. The maximum atomic E-state index is 12.2. The Kier molecular flexibility index (Phi) is 3.30. The summed E-state index contributed by atoms with van der Waals surface area (Å²) in [5.41, 5.74) is 1.49. The highest BCUT2D eigenvalue weighted by Gasteiger charge is 2.44. The molecule has 0 bridgehead atoms. The Morgan fingerprint density at radius 2 is 2.15 bits per heavy atom. The van der Waals surface area contributed by atoms with E-state index in [1.807, 2.05) is 23.8 Å². The number of imidazole rings is 1. The third-order valence-electron chi connectivity index (χ3n) is 4.19. The van der Waals surface area contributed by atoms with Gasteiger partial charge in [0.25, 0.3) is 0 Å². The summed E-state index contributed by atoms with van der Waals surface area (Å²) in [4.78, 5) is 16.2. The number of nitrogens with zero attached hydrogens (tertiary/aromatic N) is 2. The Balaban J connectivity index is 1.61. The predicted molar refractivity (Wildman–Crippen MR) is 77.3 cm³/mol. The van der Waals surface area contributed by atoms with E-state index in [9.17, 15) is 4.79 Å². The summed E-state index contributed by atoms with van der Waals surface area (Å²) in [6.45, 7) is 2.61. The van der Waals surface area contributed by atoms with Crippen LogP contribution < -0.4 is 5.32 Å². The molecule has 1 atom stereocenters. The van der Waals surface area contributed by atoms with Crippen LogP contribution in [0.15, 0.2) is 49.1 Å². The normalized spacial score (nSPS) is 17.4. The number of benzene rings is 1. The summed E-state index contributed by atoms with van der Waals surface area (Å²) in [5.74, 6) is 0.0465. The quantitative estimate of drug-likeness (QED) is 0.905. The Labute approximate surface area is 118 Å². The number of carbonyl (C=O) groups excluding carboxylic acids is 1. The standard InChI is InChI=1S/C16H19N3O/c1-13(19-10-9-17-12-19)15(20)18-11-16(7-8-16)14-5-3-2-4-6-14/h2-6,9-10,12-13H,7-8,11H2,1H3,(H,18,20)/t13-/m1/s1. The van der Waals surface area contributed by atoms with E-state index in [1.54, 1.807) is 12.5 Å². The monoisotopic (exact) mass is 269 g/mol. The second kappa shape index (κ2) is 5.12. The second-order valence-electron chi connectivity index (χ2n) is 5.55. The SMILES string of the molecule is C[C@H](C(=O)NCC1(c2ccccc2)CC1)n1ccnc1. The van der Waals surface area contributed by atoms with Crippen molar-refractivity contribution in [2.24, 2.45) is 0 Å². The summed E-state index contributed by atoms with van der Waals surface area (Å²) in [6.07, 6.45) is 7.48. The summed E-state index contributed by atoms with van der Waals surface area (Å²) < 4.78 is 1.82. The molecule has 0 saturated heterocycles. The van der Waals surface area contributed by atoms with Gasteiger partial charge in [0, 0.05) is 24.4 Å². The van der Waals surface area contributed by atoms with Gasteiger partial charge in [-0.2, -0.15) is 0 Å². The fourth-order valence-electron chi connectivity index (χ4n) is 2.55. The van der Waals surface area contributed by atoms with E-state index < -0.39 is 0 Å². The van der Waals surface area contributed by atoms with Gasteiger partial charge in [-0.1, -0.05) is 30.3 Å².